The van der Waals surface area contributed by atoms with Gasteiger partial charge in [-0.1, -0.05) is 0 Å². The predicted octanol–water partition coefficient (Wildman–Crippen LogP) is 3.46. The molecule has 0 radical (unpaired) electrons. The Bertz CT molecular complexity index is 544. The fourth-order valence-electron chi connectivity index (χ4n) is 1.30. The average Bonchev–Trinajstić information content (AvgIpc) is 2.71. The monoisotopic (exact) mass is 377 g/mol. The van der Waals surface area contributed by atoms with Gasteiger partial charge in [-0.05, 0) is 43.3 Å². The van der Waals surface area contributed by atoms with E-state index < -0.39 is 0 Å². The normalized spacial score (nSPS) is 10.8. The lowest BCUT2D eigenvalue weighted by molar-refractivity contribution is 0.181. The van der Waals surface area contributed by atoms with Crippen molar-refractivity contribution in [3.05, 3.63) is 26.1 Å². The van der Waals surface area contributed by atoms with Crippen molar-refractivity contribution in [2.75, 3.05) is 12.8 Å². The summed E-state index contributed by atoms with van der Waals surface area (Å²) in [4.78, 5) is 9.67. The number of hydrogen-bond acceptors (Lipinski definition) is 5. The van der Waals surface area contributed by atoms with E-state index in [2.05, 4.69) is 41.8 Å². The highest BCUT2D eigenvalue weighted by molar-refractivity contribution is 9.11. The van der Waals surface area contributed by atoms with Gasteiger partial charge in [-0.2, -0.15) is 0 Å². The van der Waals surface area contributed by atoms with E-state index in [1.54, 1.807) is 18.4 Å². The van der Waals surface area contributed by atoms with Gasteiger partial charge in [0.25, 0.3) is 0 Å². The summed E-state index contributed by atoms with van der Waals surface area (Å²) >= 11 is 8.38. The standard InChI is InChI=1S/C10H9Br2N3OS/c1-16-4-6-7(12)9(13)15-10(14-6)8-5(11)2-3-17-8/h2-3H,4H2,1H3,(H2,13,14,15). The molecule has 0 saturated heterocycles. The van der Waals surface area contributed by atoms with E-state index in [1.807, 2.05) is 11.4 Å². The maximum atomic E-state index is 5.84. The number of nitrogens with two attached hydrogens (primary N) is 1. The number of thiophene rings is 1. The second-order valence-corrected chi connectivity index (χ2v) is 5.79. The molecule has 2 heterocycles. The Balaban J connectivity index is 2.53. The molecule has 0 unspecified atom stereocenters. The highest BCUT2D eigenvalue weighted by Crippen LogP contribution is 2.33. The Kier molecular flexibility index (Phi) is 4.13. The van der Waals surface area contributed by atoms with Crippen LogP contribution in [-0.2, 0) is 11.3 Å². The van der Waals surface area contributed by atoms with Crippen LogP contribution in [0.3, 0.4) is 0 Å². The summed E-state index contributed by atoms with van der Waals surface area (Å²) in [5, 5.41) is 1.97. The number of nitrogen functional groups attached to an aromatic ring is 1. The van der Waals surface area contributed by atoms with Crippen LogP contribution in [0, 0.1) is 0 Å². The highest BCUT2D eigenvalue weighted by Gasteiger charge is 2.14. The number of methoxy groups -OCH3 is 1. The maximum absolute atomic E-state index is 5.84. The molecule has 2 aromatic rings. The molecule has 0 fully saturated rings. The first-order chi connectivity index (χ1) is 8.13. The largest absolute Gasteiger partial charge is 0.383 e. The minimum Gasteiger partial charge on any atom is -0.383 e. The molecule has 7 heteroatoms. The van der Waals surface area contributed by atoms with Crippen molar-refractivity contribution in [1.29, 1.82) is 0 Å². The van der Waals surface area contributed by atoms with Crippen LogP contribution in [0.15, 0.2) is 20.4 Å². The SMILES string of the molecule is COCc1nc(-c2sccc2Br)nc(N)c1Br. The molecular weight excluding hydrogens is 370 g/mol. The molecule has 17 heavy (non-hydrogen) atoms. The molecule has 2 aromatic heterocycles. The van der Waals surface area contributed by atoms with Crippen molar-refractivity contribution in [1.82, 2.24) is 9.97 Å². The van der Waals surface area contributed by atoms with Crippen LogP contribution >= 0.6 is 43.2 Å². The molecule has 4 nitrogen and oxygen atoms in total. The van der Waals surface area contributed by atoms with Crippen molar-refractivity contribution in [3.8, 4) is 10.7 Å². The summed E-state index contributed by atoms with van der Waals surface area (Å²) in [6.45, 7) is 0.392. The number of hydrogen-bond donors (Lipinski definition) is 1. The lowest BCUT2D eigenvalue weighted by Gasteiger charge is -2.07. The fourth-order valence-corrected chi connectivity index (χ4v) is 3.07. The molecule has 0 amide bonds. The van der Waals surface area contributed by atoms with Crippen LogP contribution in [0.4, 0.5) is 5.82 Å². The minimum atomic E-state index is 0.392. The summed E-state index contributed by atoms with van der Waals surface area (Å²) < 4.78 is 6.74. The Morgan fingerprint density at radius 3 is 2.76 bits per heavy atom. The topological polar surface area (TPSA) is 61.0 Å². The van der Waals surface area contributed by atoms with E-state index in [0.29, 0.717) is 22.7 Å². The molecule has 0 bridgehead atoms. The highest BCUT2D eigenvalue weighted by atomic mass is 79.9. The van der Waals surface area contributed by atoms with Crippen molar-refractivity contribution < 1.29 is 4.74 Å². The lowest BCUT2D eigenvalue weighted by atomic mass is 10.3. The summed E-state index contributed by atoms with van der Waals surface area (Å²) in [7, 11) is 1.62. The third-order valence-corrected chi connectivity index (χ3v) is 4.74. The number of ether oxygens (including phenoxy) is 1. The van der Waals surface area contributed by atoms with Gasteiger partial charge in [0, 0.05) is 11.6 Å². The molecule has 0 aliphatic rings. The molecule has 90 valence electrons. The second-order valence-electron chi connectivity index (χ2n) is 3.22. The number of rotatable bonds is 3. The fraction of sp³-hybridized carbons (Fsp3) is 0.200. The quantitative estimate of drug-likeness (QED) is 0.888. The van der Waals surface area contributed by atoms with E-state index in [-0.39, 0.29) is 0 Å². The Morgan fingerprint density at radius 2 is 2.18 bits per heavy atom. The number of nitrogens with zero attached hydrogens (tertiary/aromatic N) is 2. The van der Waals surface area contributed by atoms with Gasteiger partial charge in [0.2, 0.25) is 0 Å². The molecule has 0 spiro atoms. The summed E-state index contributed by atoms with van der Waals surface area (Å²) in [6.07, 6.45) is 0. The van der Waals surface area contributed by atoms with Gasteiger partial charge < -0.3 is 10.5 Å². The van der Waals surface area contributed by atoms with Gasteiger partial charge in [-0.3, -0.25) is 0 Å². The Hall–Kier alpha value is -0.500. The Labute approximate surface area is 119 Å². The van der Waals surface area contributed by atoms with Gasteiger partial charge in [-0.25, -0.2) is 9.97 Å². The smallest absolute Gasteiger partial charge is 0.173 e. The Morgan fingerprint density at radius 1 is 1.41 bits per heavy atom. The zero-order chi connectivity index (χ0) is 12.4. The van der Waals surface area contributed by atoms with Gasteiger partial charge in [0.1, 0.15) is 5.82 Å². The lowest BCUT2D eigenvalue weighted by Crippen LogP contribution is -2.03. The van der Waals surface area contributed by atoms with Gasteiger partial charge in [0.05, 0.1) is 21.7 Å². The molecule has 2 rings (SSSR count). The molecule has 0 aromatic carbocycles. The zero-order valence-electron chi connectivity index (χ0n) is 8.91. The third kappa shape index (κ3) is 2.67. The molecule has 0 saturated carbocycles. The van der Waals surface area contributed by atoms with Crippen LogP contribution in [0.1, 0.15) is 5.69 Å². The first-order valence-corrected chi connectivity index (χ1v) is 7.14. The molecular formula is C10H9Br2N3OS. The van der Waals surface area contributed by atoms with Crippen molar-refractivity contribution >= 4 is 49.0 Å². The molecule has 0 aliphatic heterocycles. The van der Waals surface area contributed by atoms with E-state index >= 15 is 0 Å². The van der Waals surface area contributed by atoms with Crippen molar-refractivity contribution in [2.24, 2.45) is 0 Å². The van der Waals surface area contributed by atoms with Crippen LogP contribution in [0.2, 0.25) is 0 Å². The second kappa shape index (κ2) is 5.43. The third-order valence-electron chi connectivity index (χ3n) is 2.05. The van der Waals surface area contributed by atoms with Crippen LogP contribution in [0.5, 0.6) is 0 Å². The number of halogens is 2. The zero-order valence-corrected chi connectivity index (χ0v) is 12.9. The van der Waals surface area contributed by atoms with Crippen LogP contribution in [0.25, 0.3) is 10.7 Å². The summed E-state index contributed by atoms with van der Waals surface area (Å²) in [5.41, 5.74) is 6.59. The van der Waals surface area contributed by atoms with E-state index in [1.165, 1.54) is 0 Å². The first-order valence-electron chi connectivity index (χ1n) is 4.67. The number of anilines is 1. The maximum Gasteiger partial charge on any atom is 0.173 e. The molecule has 0 atom stereocenters. The van der Waals surface area contributed by atoms with E-state index in [0.717, 1.165) is 15.0 Å². The van der Waals surface area contributed by atoms with Crippen molar-refractivity contribution in [3.63, 3.8) is 0 Å². The van der Waals surface area contributed by atoms with Crippen LogP contribution < -0.4 is 5.73 Å². The minimum absolute atomic E-state index is 0.392. The molecule has 2 N–H and O–H groups in total. The van der Waals surface area contributed by atoms with Gasteiger partial charge >= 0.3 is 0 Å². The number of aromatic nitrogens is 2. The first kappa shape index (κ1) is 12.9. The van der Waals surface area contributed by atoms with Crippen LogP contribution in [-0.4, -0.2) is 17.1 Å². The summed E-state index contributed by atoms with van der Waals surface area (Å²) in [5.74, 6) is 1.03. The van der Waals surface area contributed by atoms with Crippen molar-refractivity contribution in [2.45, 2.75) is 6.61 Å². The van der Waals surface area contributed by atoms with Gasteiger partial charge in [-0.15, -0.1) is 11.3 Å². The van der Waals surface area contributed by atoms with Gasteiger partial charge in [0.15, 0.2) is 5.82 Å². The average molecular weight is 379 g/mol. The predicted molar refractivity (Wildman–Crippen MR) is 75.9 cm³/mol. The summed E-state index contributed by atoms with van der Waals surface area (Å²) in [6, 6.07) is 1.96. The van der Waals surface area contributed by atoms with E-state index in [9.17, 15) is 0 Å². The molecule has 0 aliphatic carbocycles. The van der Waals surface area contributed by atoms with E-state index in [4.69, 9.17) is 10.5 Å².